The number of amides is 2. The fourth-order valence-corrected chi connectivity index (χ4v) is 3.69. The first-order valence-electron chi connectivity index (χ1n) is 10.1. The third kappa shape index (κ3) is 4.14. The molecule has 1 aliphatic rings. The van der Waals surface area contributed by atoms with Crippen LogP contribution in [0.5, 0.6) is 0 Å². The number of halogens is 1. The molecule has 32 heavy (non-hydrogen) atoms. The molecule has 1 aliphatic heterocycles. The summed E-state index contributed by atoms with van der Waals surface area (Å²) in [5.74, 6) is 6.18. The molecule has 1 atom stereocenters. The molecule has 158 valence electrons. The average molecular weight is 444 g/mol. The topological polar surface area (TPSA) is 71.8 Å². The number of nitrogens with zero attached hydrogens (tertiary/aromatic N) is 4. The van der Waals surface area contributed by atoms with Gasteiger partial charge in [-0.1, -0.05) is 35.7 Å². The molecule has 2 amide bonds. The highest BCUT2D eigenvalue weighted by atomic mass is 35.5. The fraction of sp³-hybridized carbons (Fsp3) is 0.125. The maximum Gasteiger partial charge on any atom is 0.346 e. The highest BCUT2D eigenvalue weighted by Gasteiger charge is 2.31. The number of carbonyl (C=O) groups excluding carboxylic acids is 1. The SMILES string of the molecule is O=C(Nc1cccc(C#Cc2cnc3cccnn23)c1)N1OCC[C@H]1c1ccc(Cl)cc1. The molecule has 0 aliphatic carbocycles. The van der Waals surface area contributed by atoms with Gasteiger partial charge in [-0.05, 0) is 53.9 Å². The van der Waals surface area contributed by atoms with Gasteiger partial charge in [-0.15, -0.1) is 0 Å². The van der Waals surface area contributed by atoms with Gasteiger partial charge in [0.15, 0.2) is 5.65 Å². The quantitative estimate of drug-likeness (QED) is 0.456. The molecule has 0 unspecified atom stereocenters. The summed E-state index contributed by atoms with van der Waals surface area (Å²) in [5.41, 5.74) is 3.78. The van der Waals surface area contributed by atoms with E-state index in [0.29, 0.717) is 29.4 Å². The summed E-state index contributed by atoms with van der Waals surface area (Å²) in [6, 6.07) is 18.0. The summed E-state index contributed by atoms with van der Waals surface area (Å²) in [7, 11) is 0. The van der Waals surface area contributed by atoms with Crippen LogP contribution >= 0.6 is 11.6 Å². The van der Waals surface area contributed by atoms with Crippen LogP contribution in [0.15, 0.2) is 73.1 Å². The highest BCUT2D eigenvalue weighted by molar-refractivity contribution is 6.30. The summed E-state index contributed by atoms with van der Waals surface area (Å²) < 4.78 is 1.68. The number of hydrogen-bond donors (Lipinski definition) is 1. The molecule has 0 spiro atoms. The Bertz CT molecular complexity index is 1340. The minimum absolute atomic E-state index is 0.169. The van der Waals surface area contributed by atoms with E-state index in [0.717, 1.165) is 16.8 Å². The third-order valence-electron chi connectivity index (χ3n) is 5.09. The van der Waals surface area contributed by atoms with E-state index in [1.54, 1.807) is 16.9 Å². The van der Waals surface area contributed by atoms with Crippen LogP contribution in [-0.2, 0) is 4.84 Å². The first kappa shape index (κ1) is 20.1. The molecule has 4 aromatic rings. The van der Waals surface area contributed by atoms with Crippen molar-refractivity contribution in [2.75, 3.05) is 11.9 Å². The van der Waals surface area contributed by atoms with E-state index in [1.807, 2.05) is 60.7 Å². The van der Waals surface area contributed by atoms with E-state index in [4.69, 9.17) is 16.4 Å². The summed E-state index contributed by atoms with van der Waals surface area (Å²) in [4.78, 5) is 22.8. The Morgan fingerprint density at radius 2 is 2.00 bits per heavy atom. The monoisotopic (exact) mass is 443 g/mol. The largest absolute Gasteiger partial charge is 0.346 e. The second kappa shape index (κ2) is 8.71. The number of imidazole rings is 1. The zero-order chi connectivity index (χ0) is 21.9. The minimum Gasteiger partial charge on any atom is -0.306 e. The number of anilines is 1. The van der Waals surface area contributed by atoms with Crippen molar-refractivity contribution in [3.63, 3.8) is 0 Å². The Morgan fingerprint density at radius 3 is 2.88 bits per heavy atom. The number of fused-ring (bicyclic) bond motifs is 1. The zero-order valence-electron chi connectivity index (χ0n) is 16.9. The van der Waals surface area contributed by atoms with Crippen LogP contribution in [0, 0.1) is 11.8 Å². The van der Waals surface area contributed by atoms with Crippen LogP contribution < -0.4 is 5.32 Å². The number of hydroxylamine groups is 2. The molecule has 0 radical (unpaired) electrons. The summed E-state index contributed by atoms with van der Waals surface area (Å²) in [6.45, 7) is 0.472. The summed E-state index contributed by atoms with van der Waals surface area (Å²) in [6.07, 6.45) is 4.09. The van der Waals surface area contributed by atoms with Gasteiger partial charge in [0.1, 0.15) is 5.69 Å². The van der Waals surface area contributed by atoms with Gasteiger partial charge in [-0.3, -0.25) is 4.84 Å². The van der Waals surface area contributed by atoms with E-state index in [-0.39, 0.29) is 12.1 Å². The number of aromatic nitrogens is 3. The van der Waals surface area contributed by atoms with E-state index in [2.05, 4.69) is 27.2 Å². The van der Waals surface area contributed by atoms with Crippen LogP contribution in [-0.4, -0.2) is 32.3 Å². The lowest BCUT2D eigenvalue weighted by atomic mass is 10.1. The number of hydrogen-bond acceptors (Lipinski definition) is 4. The molecule has 8 heteroatoms. The van der Waals surface area contributed by atoms with Crippen molar-refractivity contribution in [1.82, 2.24) is 19.7 Å². The highest BCUT2D eigenvalue weighted by Crippen LogP contribution is 2.31. The van der Waals surface area contributed by atoms with Crippen molar-refractivity contribution in [2.24, 2.45) is 0 Å². The number of benzene rings is 2. The maximum absolute atomic E-state index is 12.9. The van der Waals surface area contributed by atoms with Gasteiger partial charge in [0.25, 0.3) is 0 Å². The van der Waals surface area contributed by atoms with Crippen LogP contribution in [0.2, 0.25) is 5.02 Å². The van der Waals surface area contributed by atoms with Gasteiger partial charge in [0.05, 0.1) is 18.8 Å². The minimum atomic E-state index is -0.335. The average Bonchev–Trinajstić information content (AvgIpc) is 3.46. The fourth-order valence-electron chi connectivity index (χ4n) is 3.56. The van der Waals surface area contributed by atoms with E-state index in [1.165, 1.54) is 5.06 Å². The van der Waals surface area contributed by atoms with Crippen LogP contribution in [0.3, 0.4) is 0 Å². The molecule has 7 nitrogen and oxygen atoms in total. The Morgan fingerprint density at radius 1 is 1.12 bits per heavy atom. The van der Waals surface area contributed by atoms with Crippen molar-refractivity contribution in [3.05, 3.63) is 94.9 Å². The Kier molecular flexibility index (Phi) is 5.46. The molecule has 0 bridgehead atoms. The van der Waals surface area contributed by atoms with Gasteiger partial charge in [0.2, 0.25) is 0 Å². The van der Waals surface area contributed by atoms with E-state index < -0.39 is 0 Å². The van der Waals surface area contributed by atoms with Gasteiger partial charge < -0.3 is 5.32 Å². The van der Waals surface area contributed by atoms with E-state index >= 15 is 0 Å². The summed E-state index contributed by atoms with van der Waals surface area (Å²) in [5, 5.41) is 9.19. The number of urea groups is 1. The second-order valence-electron chi connectivity index (χ2n) is 7.21. The molecule has 5 rings (SSSR count). The Labute approximate surface area is 189 Å². The standard InChI is InChI=1S/C24H18ClN5O2/c25-19-9-7-18(8-10-19)22-12-14-32-30(22)24(31)28-20-4-1-3-17(15-20)6-11-21-16-26-23-5-2-13-27-29(21)23/h1-5,7-10,13,15-16,22H,12,14H2,(H,28,31)/t22-/m0/s1. The van der Waals surface area contributed by atoms with Crippen LogP contribution in [0.25, 0.3) is 5.65 Å². The zero-order valence-corrected chi connectivity index (χ0v) is 17.7. The lowest BCUT2D eigenvalue weighted by Gasteiger charge is -2.23. The van der Waals surface area contributed by atoms with Gasteiger partial charge in [-0.2, -0.15) is 10.2 Å². The first-order chi connectivity index (χ1) is 15.7. The molecular formula is C24H18ClN5O2. The molecule has 0 saturated carbocycles. The molecular weight excluding hydrogens is 426 g/mol. The lowest BCUT2D eigenvalue weighted by Crippen LogP contribution is -2.33. The maximum atomic E-state index is 12.9. The van der Waals surface area contributed by atoms with Crippen molar-refractivity contribution >= 4 is 29.0 Å². The Hall–Kier alpha value is -3.86. The third-order valence-corrected chi connectivity index (χ3v) is 5.34. The molecule has 1 saturated heterocycles. The van der Waals surface area contributed by atoms with Crippen LogP contribution in [0.1, 0.15) is 29.3 Å². The molecule has 3 heterocycles. The molecule has 1 N–H and O–H groups in total. The first-order valence-corrected chi connectivity index (χ1v) is 10.4. The van der Waals surface area contributed by atoms with Gasteiger partial charge >= 0.3 is 6.03 Å². The smallest absolute Gasteiger partial charge is 0.306 e. The number of nitrogens with one attached hydrogen (secondary N) is 1. The molecule has 2 aromatic carbocycles. The number of rotatable bonds is 2. The van der Waals surface area contributed by atoms with E-state index in [9.17, 15) is 4.79 Å². The van der Waals surface area contributed by atoms with Gasteiger partial charge in [-0.25, -0.2) is 14.3 Å². The Balaban J connectivity index is 1.32. The lowest BCUT2D eigenvalue weighted by molar-refractivity contribution is -0.0829. The molecule has 1 fully saturated rings. The normalized spacial score (nSPS) is 15.4. The predicted octanol–water partition coefficient (Wildman–Crippen LogP) is 4.69. The van der Waals surface area contributed by atoms with Crippen molar-refractivity contribution in [3.8, 4) is 11.8 Å². The van der Waals surface area contributed by atoms with Crippen molar-refractivity contribution < 1.29 is 9.63 Å². The summed E-state index contributed by atoms with van der Waals surface area (Å²) >= 11 is 5.98. The predicted molar refractivity (Wildman–Crippen MR) is 121 cm³/mol. The van der Waals surface area contributed by atoms with Crippen LogP contribution in [0.4, 0.5) is 10.5 Å². The second-order valence-corrected chi connectivity index (χ2v) is 7.65. The van der Waals surface area contributed by atoms with Crippen molar-refractivity contribution in [2.45, 2.75) is 12.5 Å². The van der Waals surface area contributed by atoms with Gasteiger partial charge in [0, 0.05) is 28.9 Å². The molecule has 2 aromatic heterocycles. The number of carbonyl (C=O) groups is 1. The van der Waals surface area contributed by atoms with Crippen molar-refractivity contribution in [1.29, 1.82) is 0 Å².